The highest BCUT2D eigenvalue weighted by molar-refractivity contribution is 9.10. The average molecular weight is 312 g/mol. The van der Waals surface area contributed by atoms with Crippen molar-refractivity contribution in [3.63, 3.8) is 0 Å². The van der Waals surface area contributed by atoms with Crippen LogP contribution in [0, 0.1) is 13.8 Å². The Morgan fingerprint density at radius 3 is 2.76 bits per heavy atom. The van der Waals surface area contributed by atoms with Gasteiger partial charge in [-0.2, -0.15) is 0 Å². The predicted molar refractivity (Wildman–Crippen MR) is 76.1 cm³/mol. The minimum atomic E-state index is 0.749. The summed E-state index contributed by atoms with van der Waals surface area (Å²) in [5, 5.41) is 4.03. The van der Waals surface area contributed by atoms with Gasteiger partial charge in [-0.15, -0.1) is 0 Å². The van der Waals surface area contributed by atoms with Crippen LogP contribution >= 0.6 is 27.5 Å². The third-order valence-electron chi connectivity index (χ3n) is 2.60. The summed E-state index contributed by atoms with van der Waals surface area (Å²) in [6.45, 7) is 4.01. The van der Waals surface area contributed by atoms with Gasteiger partial charge in [-0.25, -0.2) is 4.98 Å². The second-order valence-corrected chi connectivity index (χ2v) is 5.03. The van der Waals surface area contributed by atoms with Crippen molar-refractivity contribution in [3.05, 3.63) is 51.1 Å². The summed E-state index contributed by atoms with van der Waals surface area (Å²) in [5.41, 5.74) is 3.13. The van der Waals surface area contributed by atoms with Crippen LogP contribution in [-0.2, 0) is 0 Å². The molecule has 0 spiro atoms. The van der Waals surface area contributed by atoms with Gasteiger partial charge in [0.25, 0.3) is 0 Å². The van der Waals surface area contributed by atoms with Gasteiger partial charge in [0.1, 0.15) is 5.82 Å². The zero-order valence-corrected chi connectivity index (χ0v) is 11.9. The maximum Gasteiger partial charge on any atom is 0.144 e. The Morgan fingerprint density at radius 2 is 2.00 bits per heavy atom. The Bertz CT molecular complexity index is 506. The smallest absolute Gasteiger partial charge is 0.144 e. The van der Waals surface area contributed by atoms with Crippen LogP contribution in [0.5, 0.6) is 0 Å². The van der Waals surface area contributed by atoms with Gasteiger partial charge < -0.3 is 5.32 Å². The largest absolute Gasteiger partial charge is 0.339 e. The zero-order valence-electron chi connectivity index (χ0n) is 9.59. The third kappa shape index (κ3) is 2.61. The van der Waals surface area contributed by atoms with Gasteiger partial charge in [0.05, 0.1) is 4.47 Å². The van der Waals surface area contributed by atoms with E-state index in [4.69, 9.17) is 11.6 Å². The van der Waals surface area contributed by atoms with Crippen molar-refractivity contribution < 1.29 is 0 Å². The maximum absolute atomic E-state index is 6.08. The number of halogens is 2. The Balaban J connectivity index is 2.38. The average Bonchev–Trinajstić information content (AvgIpc) is 2.31. The van der Waals surface area contributed by atoms with E-state index in [1.807, 2.05) is 38.1 Å². The molecule has 0 fully saturated rings. The number of hydrogen-bond acceptors (Lipinski definition) is 2. The van der Waals surface area contributed by atoms with Crippen molar-refractivity contribution in [2.45, 2.75) is 13.8 Å². The maximum atomic E-state index is 6.08. The number of anilines is 2. The van der Waals surface area contributed by atoms with E-state index in [0.29, 0.717) is 0 Å². The summed E-state index contributed by atoms with van der Waals surface area (Å²) in [7, 11) is 0. The summed E-state index contributed by atoms with van der Waals surface area (Å²) >= 11 is 9.60. The van der Waals surface area contributed by atoms with Gasteiger partial charge in [0, 0.05) is 16.9 Å². The molecule has 0 aliphatic heterocycles. The highest BCUT2D eigenvalue weighted by Gasteiger charge is 2.07. The first-order chi connectivity index (χ1) is 8.09. The van der Waals surface area contributed by atoms with Gasteiger partial charge in [0.2, 0.25) is 0 Å². The molecule has 17 heavy (non-hydrogen) atoms. The van der Waals surface area contributed by atoms with Gasteiger partial charge in [-0.3, -0.25) is 0 Å². The molecule has 2 rings (SSSR count). The lowest BCUT2D eigenvalue weighted by Gasteiger charge is -2.12. The molecular weight excluding hydrogens is 300 g/mol. The second kappa shape index (κ2) is 5.07. The van der Waals surface area contributed by atoms with Crippen molar-refractivity contribution in [1.29, 1.82) is 0 Å². The molecule has 0 saturated carbocycles. The highest BCUT2D eigenvalue weighted by Crippen LogP contribution is 2.30. The summed E-state index contributed by atoms with van der Waals surface area (Å²) in [4.78, 5) is 4.30. The van der Waals surface area contributed by atoms with E-state index in [0.717, 1.165) is 32.1 Å². The van der Waals surface area contributed by atoms with E-state index in [1.54, 1.807) is 6.20 Å². The van der Waals surface area contributed by atoms with Crippen LogP contribution in [0.2, 0.25) is 5.02 Å². The van der Waals surface area contributed by atoms with Crippen molar-refractivity contribution in [3.8, 4) is 0 Å². The molecule has 2 aromatic rings. The molecule has 0 radical (unpaired) electrons. The van der Waals surface area contributed by atoms with E-state index in [1.165, 1.54) is 0 Å². The number of nitrogens with one attached hydrogen (secondary N) is 1. The summed E-state index contributed by atoms with van der Waals surface area (Å²) in [5.74, 6) is 0.801. The topological polar surface area (TPSA) is 24.9 Å². The van der Waals surface area contributed by atoms with Gasteiger partial charge in [-0.05, 0) is 59.1 Å². The number of rotatable bonds is 2. The van der Waals surface area contributed by atoms with Gasteiger partial charge in [0.15, 0.2) is 0 Å². The fraction of sp³-hybridized carbons (Fsp3) is 0.154. The molecule has 0 atom stereocenters. The summed E-state index contributed by atoms with van der Waals surface area (Å²) in [6, 6.07) is 7.74. The number of benzene rings is 1. The Hall–Kier alpha value is -1.06. The first-order valence-corrected chi connectivity index (χ1v) is 6.40. The number of pyridine rings is 1. The molecule has 1 aromatic carbocycles. The van der Waals surface area contributed by atoms with E-state index in [2.05, 4.69) is 26.2 Å². The normalized spacial score (nSPS) is 10.4. The molecule has 0 amide bonds. The Morgan fingerprint density at radius 1 is 1.24 bits per heavy atom. The molecule has 1 heterocycles. The monoisotopic (exact) mass is 310 g/mol. The van der Waals surface area contributed by atoms with Crippen LogP contribution < -0.4 is 5.32 Å². The number of hydrogen-bond donors (Lipinski definition) is 1. The van der Waals surface area contributed by atoms with Crippen LogP contribution in [0.25, 0.3) is 0 Å². The molecule has 2 nitrogen and oxygen atoms in total. The van der Waals surface area contributed by atoms with E-state index in [9.17, 15) is 0 Å². The van der Waals surface area contributed by atoms with Crippen molar-refractivity contribution >= 4 is 39.0 Å². The summed E-state index contributed by atoms with van der Waals surface area (Å²) < 4.78 is 0.972. The SMILES string of the molecule is Cc1ccnc(Nc2cccc(Cl)c2C)c1Br. The molecule has 1 aromatic heterocycles. The molecule has 0 bridgehead atoms. The standard InChI is InChI=1S/C13H12BrClN2/c1-8-6-7-16-13(12(8)14)17-11-5-3-4-10(15)9(11)2/h3-7H,1-2H3,(H,16,17). The lowest BCUT2D eigenvalue weighted by molar-refractivity contribution is 1.24. The fourth-order valence-electron chi connectivity index (χ4n) is 1.50. The van der Waals surface area contributed by atoms with Crippen LogP contribution in [0.4, 0.5) is 11.5 Å². The van der Waals surface area contributed by atoms with Crippen LogP contribution in [-0.4, -0.2) is 4.98 Å². The summed E-state index contributed by atoms with van der Waals surface area (Å²) in [6.07, 6.45) is 1.78. The Kier molecular flexibility index (Phi) is 3.69. The first-order valence-electron chi connectivity index (χ1n) is 5.23. The molecule has 0 aliphatic rings. The van der Waals surface area contributed by atoms with Gasteiger partial charge >= 0.3 is 0 Å². The lowest BCUT2D eigenvalue weighted by atomic mass is 10.2. The van der Waals surface area contributed by atoms with Crippen molar-refractivity contribution in [1.82, 2.24) is 4.98 Å². The molecule has 1 N–H and O–H groups in total. The van der Waals surface area contributed by atoms with E-state index < -0.39 is 0 Å². The minimum absolute atomic E-state index is 0.749. The number of nitrogens with zero attached hydrogens (tertiary/aromatic N) is 1. The zero-order chi connectivity index (χ0) is 12.4. The molecule has 0 aliphatic carbocycles. The van der Waals surface area contributed by atoms with E-state index >= 15 is 0 Å². The molecular formula is C13H12BrClN2. The Labute approximate surface area is 114 Å². The van der Waals surface area contributed by atoms with E-state index in [-0.39, 0.29) is 0 Å². The molecule has 0 unspecified atom stereocenters. The lowest BCUT2D eigenvalue weighted by Crippen LogP contribution is -1.97. The highest BCUT2D eigenvalue weighted by atomic mass is 79.9. The quantitative estimate of drug-likeness (QED) is 0.857. The minimum Gasteiger partial charge on any atom is -0.339 e. The van der Waals surface area contributed by atoms with Crippen LogP contribution in [0.15, 0.2) is 34.9 Å². The molecule has 88 valence electrons. The number of aryl methyl sites for hydroxylation is 1. The van der Waals surface area contributed by atoms with Crippen LogP contribution in [0.3, 0.4) is 0 Å². The third-order valence-corrected chi connectivity index (χ3v) is 4.01. The van der Waals surface area contributed by atoms with Crippen molar-refractivity contribution in [2.75, 3.05) is 5.32 Å². The predicted octanol–water partition coefficient (Wildman–Crippen LogP) is 4.86. The number of aromatic nitrogens is 1. The molecule has 0 saturated heterocycles. The molecule has 4 heteroatoms. The van der Waals surface area contributed by atoms with Crippen LogP contribution in [0.1, 0.15) is 11.1 Å². The first kappa shape index (κ1) is 12.4. The fourth-order valence-corrected chi connectivity index (χ4v) is 2.01. The van der Waals surface area contributed by atoms with Gasteiger partial charge in [-0.1, -0.05) is 17.7 Å². The van der Waals surface area contributed by atoms with Crippen molar-refractivity contribution in [2.24, 2.45) is 0 Å². The second-order valence-electron chi connectivity index (χ2n) is 3.83.